The fourth-order valence-electron chi connectivity index (χ4n) is 3.13. The number of carbonyl (C=O) groups excluding carboxylic acids is 1. The van der Waals surface area contributed by atoms with Crippen LogP contribution in [0.4, 0.5) is 4.79 Å². The molecule has 0 bridgehead atoms. The largest absolute Gasteiger partial charge is 0.337 e. The molecule has 22 heavy (non-hydrogen) atoms. The quantitative estimate of drug-likeness (QED) is 0.914. The molecule has 1 saturated heterocycles. The molecule has 1 aliphatic carbocycles. The van der Waals surface area contributed by atoms with Crippen molar-refractivity contribution in [2.24, 2.45) is 0 Å². The summed E-state index contributed by atoms with van der Waals surface area (Å²) in [6.45, 7) is 1.45. The van der Waals surface area contributed by atoms with Gasteiger partial charge in [-0.2, -0.15) is 0 Å². The lowest BCUT2D eigenvalue weighted by molar-refractivity contribution is 0.208. The summed E-state index contributed by atoms with van der Waals surface area (Å²) in [6, 6.07) is 10.1. The van der Waals surface area contributed by atoms with E-state index < -0.39 is 15.1 Å². The first-order chi connectivity index (χ1) is 10.4. The minimum absolute atomic E-state index is 0.0763. The van der Waals surface area contributed by atoms with Crippen molar-refractivity contribution in [3.63, 3.8) is 0 Å². The number of urea groups is 1. The summed E-state index contributed by atoms with van der Waals surface area (Å²) in [6.07, 6.45) is 3.95. The average molecular weight is 322 g/mol. The van der Waals surface area contributed by atoms with Crippen LogP contribution in [0.3, 0.4) is 0 Å². The standard InChI is InChI=1S/C16H22N2O3S/c1-22(20,21)14-7-10-18(11-14)15(19)17-12-16(8-9-16)13-5-3-2-4-6-13/h2-6,14H,7-12H2,1H3,(H,17,19). The first-order valence-corrected chi connectivity index (χ1v) is 9.63. The molecule has 1 heterocycles. The lowest BCUT2D eigenvalue weighted by atomic mass is 9.96. The van der Waals surface area contributed by atoms with Crippen LogP contribution in [0.2, 0.25) is 0 Å². The van der Waals surface area contributed by atoms with E-state index in [9.17, 15) is 13.2 Å². The van der Waals surface area contributed by atoms with Crippen LogP contribution in [0.5, 0.6) is 0 Å². The number of amides is 2. The van der Waals surface area contributed by atoms with E-state index in [1.54, 1.807) is 4.90 Å². The van der Waals surface area contributed by atoms with Gasteiger partial charge in [-0.25, -0.2) is 13.2 Å². The summed E-state index contributed by atoms with van der Waals surface area (Å²) in [5.74, 6) is 0. The highest BCUT2D eigenvalue weighted by Gasteiger charge is 2.44. The predicted octanol–water partition coefficient (Wildman–Crippen LogP) is 1.55. The van der Waals surface area contributed by atoms with Gasteiger partial charge >= 0.3 is 6.03 Å². The minimum atomic E-state index is -3.06. The number of benzene rings is 1. The van der Waals surface area contributed by atoms with E-state index in [-0.39, 0.29) is 11.4 Å². The molecule has 6 heteroatoms. The topological polar surface area (TPSA) is 66.5 Å². The number of rotatable bonds is 4. The van der Waals surface area contributed by atoms with E-state index in [0.717, 1.165) is 12.8 Å². The molecule has 0 spiro atoms. The van der Waals surface area contributed by atoms with Gasteiger partial charge < -0.3 is 10.2 Å². The van der Waals surface area contributed by atoms with Gasteiger partial charge in [0.15, 0.2) is 9.84 Å². The maximum Gasteiger partial charge on any atom is 0.317 e. The second kappa shape index (κ2) is 5.57. The van der Waals surface area contributed by atoms with Gasteiger partial charge in [0.2, 0.25) is 0 Å². The maximum absolute atomic E-state index is 12.2. The van der Waals surface area contributed by atoms with Gasteiger partial charge in [0.1, 0.15) is 0 Å². The fourth-order valence-corrected chi connectivity index (χ4v) is 4.11. The second-order valence-corrected chi connectivity index (χ2v) is 8.82. The molecular weight excluding hydrogens is 300 g/mol. The van der Waals surface area contributed by atoms with Crippen LogP contribution < -0.4 is 5.32 Å². The van der Waals surface area contributed by atoms with Crippen LogP contribution in [0.15, 0.2) is 30.3 Å². The zero-order valence-corrected chi connectivity index (χ0v) is 13.6. The monoisotopic (exact) mass is 322 g/mol. The average Bonchev–Trinajstić information content (AvgIpc) is 3.11. The lowest BCUT2D eigenvalue weighted by Crippen LogP contribution is -2.42. The van der Waals surface area contributed by atoms with Crippen LogP contribution in [0, 0.1) is 0 Å². The molecule has 5 nitrogen and oxygen atoms in total. The van der Waals surface area contributed by atoms with Gasteiger partial charge in [-0.15, -0.1) is 0 Å². The molecule has 3 rings (SSSR count). The van der Waals surface area contributed by atoms with Crippen LogP contribution in [-0.4, -0.2) is 50.5 Å². The summed E-state index contributed by atoms with van der Waals surface area (Å²) < 4.78 is 23.1. The van der Waals surface area contributed by atoms with E-state index in [1.807, 2.05) is 18.2 Å². The fraction of sp³-hybridized carbons (Fsp3) is 0.562. The van der Waals surface area contributed by atoms with E-state index >= 15 is 0 Å². The van der Waals surface area contributed by atoms with Crippen molar-refractivity contribution in [1.82, 2.24) is 10.2 Å². The van der Waals surface area contributed by atoms with Gasteiger partial charge in [-0.3, -0.25) is 0 Å². The zero-order chi connectivity index (χ0) is 15.8. The Balaban J connectivity index is 1.56. The molecule has 120 valence electrons. The van der Waals surface area contributed by atoms with Gasteiger partial charge in [0.05, 0.1) is 5.25 Å². The van der Waals surface area contributed by atoms with Crippen molar-refractivity contribution in [3.05, 3.63) is 35.9 Å². The predicted molar refractivity (Wildman–Crippen MR) is 85.6 cm³/mol. The molecule has 0 aromatic heterocycles. The Morgan fingerprint density at radius 2 is 2.00 bits per heavy atom. The third-order valence-electron chi connectivity index (χ3n) is 4.86. The Labute approximate surface area is 131 Å². The molecule has 1 aliphatic heterocycles. The third kappa shape index (κ3) is 3.11. The van der Waals surface area contributed by atoms with E-state index in [2.05, 4.69) is 17.4 Å². The second-order valence-electron chi connectivity index (χ2n) is 6.49. The SMILES string of the molecule is CS(=O)(=O)C1CCN(C(=O)NCC2(c3ccccc3)CC2)C1. The van der Waals surface area contributed by atoms with Crippen molar-refractivity contribution in [3.8, 4) is 0 Å². The van der Waals surface area contributed by atoms with E-state index in [4.69, 9.17) is 0 Å². The Bertz CT molecular complexity index is 653. The summed E-state index contributed by atoms with van der Waals surface area (Å²) in [5, 5.41) is 2.58. The highest BCUT2D eigenvalue weighted by Crippen LogP contribution is 2.47. The maximum atomic E-state index is 12.2. The summed E-state index contributed by atoms with van der Waals surface area (Å²) in [5.41, 5.74) is 1.35. The van der Waals surface area contributed by atoms with Crippen molar-refractivity contribution < 1.29 is 13.2 Å². The number of hydrogen-bond donors (Lipinski definition) is 1. The van der Waals surface area contributed by atoms with Crippen LogP contribution in [-0.2, 0) is 15.3 Å². The van der Waals surface area contributed by atoms with Crippen LogP contribution in [0.25, 0.3) is 0 Å². The molecule has 2 amide bonds. The molecule has 1 unspecified atom stereocenters. The molecule has 1 saturated carbocycles. The van der Waals surface area contributed by atoms with Gasteiger partial charge in [-0.1, -0.05) is 30.3 Å². The third-order valence-corrected chi connectivity index (χ3v) is 6.45. The zero-order valence-electron chi connectivity index (χ0n) is 12.8. The summed E-state index contributed by atoms with van der Waals surface area (Å²) >= 11 is 0. The van der Waals surface area contributed by atoms with Crippen LogP contribution in [0.1, 0.15) is 24.8 Å². The molecule has 0 radical (unpaired) electrons. The Kier molecular flexibility index (Phi) is 3.89. The highest BCUT2D eigenvalue weighted by molar-refractivity contribution is 7.91. The molecule has 1 aromatic rings. The summed E-state index contributed by atoms with van der Waals surface area (Å²) in [4.78, 5) is 13.9. The Morgan fingerprint density at radius 3 is 2.55 bits per heavy atom. The smallest absolute Gasteiger partial charge is 0.317 e. The van der Waals surface area contributed by atoms with Crippen LogP contribution >= 0.6 is 0 Å². The Morgan fingerprint density at radius 1 is 1.32 bits per heavy atom. The summed E-state index contributed by atoms with van der Waals surface area (Å²) in [7, 11) is -3.06. The lowest BCUT2D eigenvalue weighted by Gasteiger charge is -2.21. The van der Waals surface area contributed by atoms with Crippen molar-refractivity contribution in [2.75, 3.05) is 25.9 Å². The van der Waals surface area contributed by atoms with E-state index in [1.165, 1.54) is 11.8 Å². The number of hydrogen-bond acceptors (Lipinski definition) is 3. The number of carbonyl (C=O) groups is 1. The van der Waals surface area contributed by atoms with E-state index in [0.29, 0.717) is 26.1 Å². The number of nitrogens with zero attached hydrogens (tertiary/aromatic N) is 1. The molecular formula is C16H22N2O3S. The number of nitrogens with one attached hydrogen (secondary N) is 1. The molecule has 1 N–H and O–H groups in total. The van der Waals surface area contributed by atoms with Gasteiger partial charge in [0, 0.05) is 31.3 Å². The van der Waals surface area contributed by atoms with Gasteiger partial charge in [-0.05, 0) is 24.8 Å². The number of sulfone groups is 1. The first kappa shape index (κ1) is 15.3. The first-order valence-electron chi connectivity index (χ1n) is 7.68. The highest BCUT2D eigenvalue weighted by atomic mass is 32.2. The van der Waals surface area contributed by atoms with Gasteiger partial charge in [0.25, 0.3) is 0 Å². The van der Waals surface area contributed by atoms with Crippen molar-refractivity contribution in [1.29, 1.82) is 0 Å². The molecule has 2 aliphatic rings. The molecule has 1 aromatic carbocycles. The minimum Gasteiger partial charge on any atom is -0.337 e. The normalized spacial score (nSPS) is 23.3. The molecule has 1 atom stereocenters. The van der Waals surface area contributed by atoms with Crippen molar-refractivity contribution in [2.45, 2.75) is 29.9 Å². The number of likely N-dealkylation sites (tertiary alicyclic amines) is 1. The molecule has 2 fully saturated rings. The van der Waals surface area contributed by atoms with Crippen molar-refractivity contribution >= 4 is 15.9 Å². The Hall–Kier alpha value is -1.56.